The van der Waals surface area contributed by atoms with Gasteiger partial charge < -0.3 is 18.9 Å². The molecule has 0 radical (unpaired) electrons. The van der Waals surface area contributed by atoms with Crippen LogP contribution >= 0.6 is 47.0 Å². The van der Waals surface area contributed by atoms with Gasteiger partial charge in [0.1, 0.15) is 23.0 Å². The molecule has 12 aromatic carbocycles. The van der Waals surface area contributed by atoms with Gasteiger partial charge in [-0.15, -0.1) is 0 Å². The predicted molar refractivity (Wildman–Crippen MR) is 318 cm³/mol. The lowest BCUT2D eigenvalue weighted by Crippen LogP contribution is -2.03. The van der Waals surface area contributed by atoms with E-state index >= 15 is 0 Å². The third kappa shape index (κ3) is 8.35. The molecule has 0 aliphatic carbocycles. The molecule has 10 heteroatoms. The zero-order valence-corrected chi connectivity index (χ0v) is 45.1. The topological polar surface area (TPSA) is 71.1 Å². The number of hydrogen-bond donors (Lipinski definition) is 0. The zero-order chi connectivity index (χ0) is 52.4. The fraction of sp³-hybridized carbons (Fsp3) is 0.0294. The van der Waals surface area contributed by atoms with Crippen LogP contribution in [-0.2, 0) is 9.47 Å². The summed E-state index contributed by atoms with van der Waals surface area (Å²) in [5.41, 5.74) is 7.04. The van der Waals surface area contributed by atoms with E-state index in [1.807, 2.05) is 120 Å². The predicted octanol–water partition coefficient (Wildman–Crippen LogP) is 19.7. The summed E-state index contributed by atoms with van der Waals surface area (Å²) in [5, 5.41) is 6.84. The molecule has 6 nitrogen and oxygen atoms in total. The van der Waals surface area contributed by atoms with Crippen molar-refractivity contribution in [1.29, 1.82) is 0 Å². The lowest BCUT2D eigenvalue weighted by atomic mass is 9.89. The van der Waals surface area contributed by atoms with Crippen molar-refractivity contribution in [2.24, 2.45) is 0 Å². The van der Waals surface area contributed by atoms with Gasteiger partial charge in [-0.05, 0) is 140 Å². The number of rotatable bonds is 9. The zero-order valence-electron chi connectivity index (χ0n) is 41.9. The fourth-order valence-corrected chi connectivity index (χ4v) is 15.5. The van der Waals surface area contributed by atoms with Gasteiger partial charge in [-0.2, -0.15) is 0 Å². The minimum absolute atomic E-state index is 0.428. The second-order valence-electron chi connectivity index (χ2n) is 18.8. The Hall–Kier alpha value is -8.38. The number of methoxy groups -OCH3 is 2. The van der Waals surface area contributed by atoms with Crippen LogP contribution in [0.4, 0.5) is 0 Å². The highest BCUT2D eigenvalue weighted by molar-refractivity contribution is 8.05. The van der Waals surface area contributed by atoms with Crippen LogP contribution in [0.15, 0.2) is 258 Å². The Labute approximate surface area is 466 Å². The van der Waals surface area contributed by atoms with E-state index in [4.69, 9.17) is 18.9 Å². The molecule has 0 unspecified atom stereocenters. The van der Waals surface area contributed by atoms with Gasteiger partial charge in [-0.3, -0.25) is 0 Å². The molecule has 14 rings (SSSR count). The van der Waals surface area contributed by atoms with E-state index in [1.54, 1.807) is 12.1 Å². The van der Waals surface area contributed by atoms with Gasteiger partial charge >= 0.3 is 11.9 Å². The molecule has 374 valence electrons. The Morgan fingerprint density at radius 1 is 0.321 bits per heavy atom. The first kappa shape index (κ1) is 48.0. The molecule has 0 atom stereocenters. The molecule has 0 N–H and O–H groups in total. The number of fused-ring (bicyclic) bond motifs is 8. The van der Waals surface area contributed by atoms with E-state index in [0.29, 0.717) is 44.9 Å². The number of esters is 2. The summed E-state index contributed by atoms with van der Waals surface area (Å²) >= 11 is 7.25. The molecule has 2 aliphatic rings. The summed E-state index contributed by atoms with van der Waals surface area (Å²) in [4.78, 5) is 36.2. The van der Waals surface area contributed by atoms with Crippen LogP contribution in [0.3, 0.4) is 0 Å². The van der Waals surface area contributed by atoms with E-state index in [-0.39, 0.29) is 0 Å². The van der Waals surface area contributed by atoms with E-state index < -0.39 is 11.9 Å². The van der Waals surface area contributed by atoms with Crippen molar-refractivity contribution in [2.45, 2.75) is 39.2 Å². The average molecular weight is 1080 g/mol. The largest absolute Gasteiger partial charge is 0.465 e. The van der Waals surface area contributed by atoms with Gasteiger partial charge in [0.15, 0.2) is 0 Å². The Kier molecular flexibility index (Phi) is 12.2. The lowest BCUT2D eigenvalue weighted by molar-refractivity contribution is 0.0594. The van der Waals surface area contributed by atoms with Gasteiger partial charge in [0.05, 0.1) is 25.3 Å². The van der Waals surface area contributed by atoms with Crippen molar-refractivity contribution in [3.05, 3.63) is 230 Å². The van der Waals surface area contributed by atoms with Crippen LogP contribution in [0.5, 0.6) is 23.0 Å². The molecule has 0 saturated heterocycles. The molecule has 0 bridgehead atoms. The van der Waals surface area contributed by atoms with Crippen molar-refractivity contribution in [3.63, 3.8) is 0 Å². The highest BCUT2D eigenvalue weighted by atomic mass is 32.2. The molecule has 0 spiro atoms. The summed E-state index contributed by atoms with van der Waals surface area (Å²) in [6, 6.07) is 74.8. The van der Waals surface area contributed by atoms with Crippen LogP contribution in [-0.4, -0.2) is 26.2 Å². The first-order valence-corrected chi connectivity index (χ1v) is 28.5. The maximum absolute atomic E-state index is 13.1. The summed E-state index contributed by atoms with van der Waals surface area (Å²) in [6.07, 6.45) is 0. The van der Waals surface area contributed by atoms with Gasteiger partial charge in [0.2, 0.25) is 0 Å². The van der Waals surface area contributed by atoms with E-state index in [0.717, 1.165) is 65.7 Å². The van der Waals surface area contributed by atoms with Crippen molar-refractivity contribution >= 4 is 102 Å². The standard InChI is InChI=1S/C68H42O6S4/c1-71-67(69)51-31-35-53(49-15-5-3-13-47(49)51)73-55-33-27-39-37-41(45-17-11-23-61-65(45)77-59-21-9-7-19-57(59)75-61)25-29-43(39)63(55)64-44-30-26-42(46-18-12-24-62-66(46)78-60-22-10-8-20-58(60)76-62)38-40(44)28-34-56(64)74-54-36-32-52(68(70)72-2)48-14-4-6-16-50(48)54/h3-38H,1-2H3. The van der Waals surface area contributed by atoms with E-state index in [2.05, 4.69) is 133 Å². The Bertz CT molecular complexity index is 4210. The monoisotopic (exact) mass is 1080 g/mol. The number of carbonyl (C=O) groups excluding carboxylic acids is 2. The minimum atomic E-state index is -0.428. The van der Waals surface area contributed by atoms with E-state index in [9.17, 15) is 9.59 Å². The SMILES string of the molecule is COC(=O)c1ccc(Oc2ccc3cc(-c4cccc5c4Sc4ccccc4S5)ccc3c2-c2c(Oc3ccc(C(=O)OC)c4ccccc34)ccc3cc(-c4cccc5c4Sc4ccccc4S5)ccc23)c2ccccc12. The molecule has 12 aromatic rings. The smallest absolute Gasteiger partial charge is 0.338 e. The van der Waals surface area contributed by atoms with Gasteiger partial charge in [0, 0.05) is 61.1 Å². The van der Waals surface area contributed by atoms with Crippen LogP contribution in [0.25, 0.3) is 76.5 Å². The quantitative estimate of drug-likeness (QED) is 0.131. The molecule has 0 fully saturated rings. The average Bonchev–Trinajstić information content (AvgIpc) is 3.58. The van der Waals surface area contributed by atoms with E-state index in [1.165, 1.54) is 53.4 Å². The highest BCUT2D eigenvalue weighted by Crippen LogP contribution is 2.55. The summed E-state index contributed by atoms with van der Waals surface area (Å²) in [7, 11) is 2.79. The maximum atomic E-state index is 13.1. The number of benzene rings is 12. The normalized spacial score (nSPS) is 12.4. The molecule has 78 heavy (non-hydrogen) atoms. The highest BCUT2D eigenvalue weighted by Gasteiger charge is 2.27. The molecule has 2 aliphatic heterocycles. The van der Waals surface area contributed by atoms with Crippen molar-refractivity contribution in [1.82, 2.24) is 0 Å². The number of hydrogen-bond acceptors (Lipinski definition) is 10. The molecule has 0 saturated carbocycles. The summed E-state index contributed by atoms with van der Waals surface area (Å²) in [5.74, 6) is 1.46. The van der Waals surface area contributed by atoms with Crippen molar-refractivity contribution < 1.29 is 28.5 Å². The molecule has 2 heterocycles. The molecule has 0 aromatic heterocycles. The Morgan fingerprint density at radius 2 is 0.692 bits per heavy atom. The third-order valence-corrected chi connectivity index (χ3v) is 19.6. The third-order valence-electron chi connectivity index (χ3n) is 14.4. The molecular weight excluding hydrogens is 1040 g/mol. The second-order valence-corrected chi connectivity index (χ2v) is 23.1. The van der Waals surface area contributed by atoms with Gasteiger partial charge in [-0.25, -0.2) is 9.59 Å². The van der Waals surface area contributed by atoms with Gasteiger partial charge in [-0.1, -0.05) is 181 Å². The van der Waals surface area contributed by atoms with Crippen LogP contribution in [0.1, 0.15) is 20.7 Å². The summed E-state index contributed by atoms with van der Waals surface area (Å²) < 4.78 is 25.0. The first-order chi connectivity index (χ1) is 38.4. The first-order valence-electron chi connectivity index (χ1n) is 25.2. The molecule has 0 amide bonds. The number of ether oxygens (including phenoxy) is 4. The molecular formula is C68H42O6S4. The van der Waals surface area contributed by atoms with Crippen LogP contribution < -0.4 is 9.47 Å². The minimum Gasteiger partial charge on any atom is -0.465 e. The van der Waals surface area contributed by atoms with Crippen molar-refractivity contribution in [3.8, 4) is 56.4 Å². The van der Waals surface area contributed by atoms with Crippen LogP contribution in [0, 0.1) is 0 Å². The summed E-state index contributed by atoms with van der Waals surface area (Å²) in [6.45, 7) is 0. The van der Waals surface area contributed by atoms with Crippen LogP contribution in [0.2, 0.25) is 0 Å². The van der Waals surface area contributed by atoms with Crippen molar-refractivity contribution in [2.75, 3.05) is 14.2 Å². The maximum Gasteiger partial charge on any atom is 0.338 e. The fourth-order valence-electron chi connectivity index (χ4n) is 10.7. The second kappa shape index (κ2) is 19.9. The van der Waals surface area contributed by atoms with Gasteiger partial charge in [0.25, 0.3) is 0 Å². The lowest BCUT2D eigenvalue weighted by Gasteiger charge is -2.23. The number of carbonyl (C=O) groups is 2. The Balaban J connectivity index is 1.00. The Morgan fingerprint density at radius 3 is 1.12 bits per heavy atom.